The molecule has 8 heteroatoms. The summed E-state index contributed by atoms with van der Waals surface area (Å²) < 4.78 is 14.1. The number of hydrogen-bond acceptors (Lipinski definition) is 6. The quantitative estimate of drug-likeness (QED) is 0.399. The third kappa shape index (κ3) is 4.36. The largest absolute Gasteiger partial charge is 0.382 e. The van der Waals surface area contributed by atoms with Gasteiger partial charge in [0.05, 0.1) is 16.2 Å². The zero-order valence-electron chi connectivity index (χ0n) is 18.3. The second-order valence-electron chi connectivity index (χ2n) is 8.52. The van der Waals surface area contributed by atoms with Gasteiger partial charge in [-0.2, -0.15) is 0 Å². The zero-order valence-corrected chi connectivity index (χ0v) is 19.0. The van der Waals surface area contributed by atoms with Crippen molar-refractivity contribution in [3.63, 3.8) is 0 Å². The molecule has 0 bridgehead atoms. The average molecular weight is 477 g/mol. The fourth-order valence-electron chi connectivity index (χ4n) is 4.24. The van der Waals surface area contributed by atoms with Gasteiger partial charge in [-0.1, -0.05) is 35.9 Å². The van der Waals surface area contributed by atoms with Gasteiger partial charge in [-0.05, 0) is 36.6 Å². The lowest BCUT2D eigenvalue weighted by molar-refractivity contribution is -0.126. The van der Waals surface area contributed by atoms with Crippen LogP contribution in [0.15, 0.2) is 61.1 Å². The van der Waals surface area contributed by atoms with Crippen molar-refractivity contribution in [3.8, 4) is 11.1 Å². The van der Waals surface area contributed by atoms with Gasteiger partial charge in [0.15, 0.2) is 5.82 Å². The topological polar surface area (TPSA) is 88.0 Å². The summed E-state index contributed by atoms with van der Waals surface area (Å²) in [5.41, 5.74) is 2.38. The number of rotatable bonds is 5. The predicted molar refractivity (Wildman–Crippen MR) is 129 cm³/mol. The van der Waals surface area contributed by atoms with E-state index in [4.69, 9.17) is 11.6 Å². The minimum atomic E-state index is -1.17. The maximum atomic E-state index is 14.1. The van der Waals surface area contributed by atoms with Crippen molar-refractivity contribution in [1.29, 1.82) is 0 Å². The number of anilines is 1. The highest BCUT2D eigenvalue weighted by molar-refractivity contribution is 6.34. The number of carbonyl (C=O) groups excluding carboxylic acids is 1. The van der Waals surface area contributed by atoms with Crippen LogP contribution >= 0.6 is 11.6 Å². The Morgan fingerprint density at radius 1 is 1.00 bits per heavy atom. The number of benzene rings is 2. The number of nitrogens with zero attached hydrogens (tertiary/aromatic N) is 3. The van der Waals surface area contributed by atoms with Crippen LogP contribution in [0.5, 0.6) is 0 Å². The molecule has 0 aliphatic heterocycles. The smallest absolute Gasteiger partial charge is 0.160 e. The Hall–Kier alpha value is -3.42. The molecule has 0 atom stereocenters. The standard InChI is InChI=1S/C26H22ClFN4O2/c27-21-15-29-23-6-5-16(11-20(23)24(21)30-12-17-3-1-2-4-22(17)28)18-13-31-25(32-14-18)26(34)9-7-19(33)8-10-26/h1-6,11,13-15,34H,7-10,12H2,(H,29,30). The maximum Gasteiger partial charge on any atom is 0.160 e. The predicted octanol–water partition coefficient (Wildman–Crippen LogP) is 5.43. The number of ketones is 1. The fourth-order valence-corrected chi connectivity index (χ4v) is 4.45. The first-order valence-corrected chi connectivity index (χ1v) is 11.4. The molecule has 1 aliphatic carbocycles. The van der Waals surface area contributed by atoms with Crippen LogP contribution in [0.3, 0.4) is 0 Å². The Kier molecular flexibility index (Phi) is 5.98. The molecule has 1 aliphatic rings. The summed E-state index contributed by atoms with van der Waals surface area (Å²) in [7, 11) is 0. The van der Waals surface area contributed by atoms with Gasteiger partial charge >= 0.3 is 0 Å². The van der Waals surface area contributed by atoms with E-state index in [1.165, 1.54) is 6.07 Å². The van der Waals surface area contributed by atoms with Crippen LogP contribution in [0.4, 0.5) is 10.1 Å². The van der Waals surface area contributed by atoms with E-state index in [1.807, 2.05) is 18.2 Å². The summed E-state index contributed by atoms with van der Waals surface area (Å²) in [6, 6.07) is 12.3. The van der Waals surface area contributed by atoms with E-state index in [-0.39, 0.29) is 18.1 Å². The summed E-state index contributed by atoms with van der Waals surface area (Å²) in [5.74, 6) is 0.206. The lowest BCUT2D eigenvalue weighted by Crippen LogP contribution is -2.33. The summed E-state index contributed by atoms with van der Waals surface area (Å²) in [6.45, 7) is 0.272. The van der Waals surface area contributed by atoms with Crippen molar-refractivity contribution in [2.75, 3.05) is 5.32 Å². The van der Waals surface area contributed by atoms with Crippen molar-refractivity contribution in [2.45, 2.75) is 37.8 Å². The Bertz CT molecular complexity index is 1370. The second kappa shape index (κ2) is 9.08. The van der Waals surface area contributed by atoms with Crippen molar-refractivity contribution in [2.24, 2.45) is 0 Å². The molecule has 2 aromatic carbocycles. The van der Waals surface area contributed by atoms with Crippen LogP contribution < -0.4 is 5.32 Å². The molecule has 0 saturated heterocycles. The normalized spacial score (nSPS) is 15.4. The second-order valence-corrected chi connectivity index (χ2v) is 8.93. The van der Waals surface area contributed by atoms with Crippen LogP contribution in [-0.2, 0) is 16.9 Å². The summed E-state index contributed by atoms with van der Waals surface area (Å²) in [5, 5.41) is 15.3. The Labute approximate surface area is 200 Å². The Balaban J connectivity index is 1.45. The molecular weight excluding hydrogens is 455 g/mol. The lowest BCUT2D eigenvalue weighted by atomic mass is 9.83. The number of fused-ring (bicyclic) bond motifs is 1. The molecule has 0 amide bonds. The van der Waals surface area contributed by atoms with Gasteiger partial charge in [0.25, 0.3) is 0 Å². The monoisotopic (exact) mass is 476 g/mol. The van der Waals surface area contributed by atoms with E-state index >= 15 is 0 Å². The SMILES string of the molecule is O=C1CCC(O)(c2ncc(-c3ccc4ncc(Cl)c(NCc5ccccc5F)c4c3)cn2)CC1. The van der Waals surface area contributed by atoms with Gasteiger partial charge in [0.1, 0.15) is 17.2 Å². The van der Waals surface area contributed by atoms with Crippen LogP contribution in [-0.4, -0.2) is 25.8 Å². The molecule has 2 N–H and O–H groups in total. The first-order chi connectivity index (χ1) is 16.4. The number of pyridine rings is 1. The van der Waals surface area contributed by atoms with Gasteiger partial charge in [-0.25, -0.2) is 14.4 Å². The summed E-state index contributed by atoms with van der Waals surface area (Å²) in [4.78, 5) is 24.8. The molecule has 6 nitrogen and oxygen atoms in total. The van der Waals surface area contributed by atoms with Crippen LogP contribution in [0.1, 0.15) is 37.1 Å². The first-order valence-electron chi connectivity index (χ1n) is 11.1. The number of carbonyl (C=O) groups is 1. The zero-order chi connectivity index (χ0) is 23.7. The number of aromatic nitrogens is 3. The van der Waals surface area contributed by atoms with Gasteiger partial charge in [-0.3, -0.25) is 9.78 Å². The van der Waals surface area contributed by atoms with Gasteiger partial charge in [0, 0.05) is 54.5 Å². The average Bonchev–Trinajstić information content (AvgIpc) is 2.86. The van der Waals surface area contributed by atoms with E-state index in [1.54, 1.807) is 36.8 Å². The minimum absolute atomic E-state index is 0.157. The van der Waals surface area contributed by atoms with E-state index < -0.39 is 5.60 Å². The molecule has 172 valence electrons. The van der Waals surface area contributed by atoms with Crippen molar-refractivity contribution >= 4 is 34.0 Å². The molecule has 4 aromatic rings. The molecule has 2 aromatic heterocycles. The highest BCUT2D eigenvalue weighted by atomic mass is 35.5. The Morgan fingerprint density at radius 3 is 2.47 bits per heavy atom. The van der Waals surface area contributed by atoms with Gasteiger partial charge < -0.3 is 10.4 Å². The lowest BCUT2D eigenvalue weighted by Gasteiger charge is -2.29. The summed E-state index contributed by atoms with van der Waals surface area (Å²) in [6.07, 6.45) is 6.25. The first kappa shape index (κ1) is 22.4. The van der Waals surface area contributed by atoms with Crippen molar-refractivity contribution in [3.05, 3.63) is 83.3 Å². The molecular formula is C26H22ClFN4O2. The van der Waals surface area contributed by atoms with E-state index in [2.05, 4.69) is 20.3 Å². The highest BCUT2D eigenvalue weighted by Gasteiger charge is 2.36. The number of Topliss-reactive ketones (excluding diaryl/α,β-unsaturated/α-hetero) is 1. The van der Waals surface area contributed by atoms with Crippen molar-refractivity contribution < 1.29 is 14.3 Å². The van der Waals surface area contributed by atoms with E-state index in [0.717, 1.165) is 22.0 Å². The fraction of sp³-hybridized carbons (Fsp3) is 0.231. The van der Waals surface area contributed by atoms with Crippen LogP contribution in [0, 0.1) is 5.82 Å². The number of nitrogens with one attached hydrogen (secondary N) is 1. The van der Waals surface area contributed by atoms with Gasteiger partial charge in [-0.15, -0.1) is 0 Å². The van der Waals surface area contributed by atoms with Crippen LogP contribution in [0.25, 0.3) is 22.0 Å². The van der Waals surface area contributed by atoms with Crippen LogP contribution in [0.2, 0.25) is 5.02 Å². The third-order valence-electron chi connectivity index (χ3n) is 6.27. The number of halogens is 2. The molecule has 0 spiro atoms. The maximum absolute atomic E-state index is 14.1. The number of hydrogen-bond donors (Lipinski definition) is 2. The third-order valence-corrected chi connectivity index (χ3v) is 6.56. The molecule has 1 saturated carbocycles. The minimum Gasteiger partial charge on any atom is -0.382 e. The molecule has 0 radical (unpaired) electrons. The van der Waals surface area contributed by atoms with E-state index in [9.17, 15) is 14.3 Å². The molecule has 2 heterocycles. The van der Waals surface area contributed by atoms with Gasteiger partial charge in [0.2, 0.25) is 0 Å². The molecule has 34 heavy (non-hydrogen) atoms. The summed E-state index contributed by atoms with van der Waals surface area (Å²) >= 11 is 6.44. The molecule has 1 fully saturated rings. The Morgan fingerprint density at radius 2 is 1.74 bits per heavy atom. The molecule has 0 unspecified atom stereocenters. The highest BCUT2D eigenvalue weighted by Crippen LogP contribution is 2.35. The molecule has 5 rings (SSSR count). The number of aliphatic hydroxyl groups is 1. The van der Waals surface area contributed by atoms with Crippen molar-refractivity contribution in [1.82, 2.24) is 15.0 Å². The van der Waals surface area contributed by atoms with E-state index in [0.29, 0.717) is 47.8 Å².